The van der Waals surface area contributed by atoms with E-state index >= 15 is 0 Å². The van der Waals surface area contributed by atoms with Crippen LogP contribution in [-0.2, 0) is 6.42 Å². The minimum atomic E-state index is 1.11. The number of aromatic nitrogens is 1. The van der Waals surface area contributed by atoms with Crippen LogP contribution in [0, 0.1) is 13.8 Å². The molecule has 0 unspecified atom stereocenters. The van der Waals surface area contributed by atoms with Gasteiger partial charge in [0.1, 0.15) is 0 Å². The number of hydrogen-bond acceptors (Lipinski definition) is 1. The van der Waals surface area contributed by atoms with E-state index in [1.54, 1.807) is 0 Å². The van der Waals surface area contributed by atoms with Crippen molar-refractivity contribution in [1.29, 1.82) is 0 Å². The summed E-state index contributed by atoms with van der Waals surface area (Å²) < 4.78 is 0. The number of benzene rings is 3. The highest BCUT2D eigenvalue weighted by Gasteiger charge is 2.16. The van der Waals surface area contributed by atoms with Gasteiger partial charge in [0, 0.05) is 26.4 Å². The van der Waals surface area contributed by atoms with E-state index in [4.69, 9.17) is 0 Å². The standard InChI is InChI=1S/C28H29NS/c1-5-7-11-21-15-16-25-24(14-8-6-2)20(4)29-27(25)28(21)30-26-18-23-13-10-9-12-22(23)17-19(26)3/h6,8-10,12-18,29H,2,5,7,11H2,1,3-4H3/b14-8-. The molecule has 0 atom stereocenters. The predicted octanol–water partition coefficient (Wildman–Crippen LogP) is 8.63. The molecule has 1 aromatic heterocycles. The zero-order valence-electron chi connectivity index (χ0n) is 18.1. The van der Waals surface area contributed by atoms with Crippen molar-refractivity contribution in [3.05, 3.63) is 89.6 Å². The molecule has 0 saturated carbocycles. The molecule has 0 aliphatic rings. The van der Waals surface area contributed by atoms with Crippen molar-refractivity contribution < 1.29 is 0 Å². The van der Waals surface area contributed by atoms with Crippen LogP contribution >= 0.6 is 11.8 Å². The number of aromatic amines is 1. The first-order valence-corrected chi connectivity index (χ1v) is 11.5. The molecule has 1 N–H and O–H groups in total. The number of nitrogens with one attached hydrogen (secondary N) is 1. The topological polar surface area (TPSA) is 15.8 Å². The molecule has 3 aromatic carbocycles. The molecule has 0 aliphatic carbocycles. The highest BCUT2D eigenvalue weighted by atomic mass is 32.2. The van der Waals surface area contributed by atoms with Gasteiger partial charge in [0.05, 0.1) is 5.52 Å². The molecule has 4 rings (SSSR count). The predicted molar refractivity (Wildman–Crippen MR) is 134 cm³/mol. The first-order chi connectivity index (χ1) is 14.6. The monoisotopic (exact) mass is 411 g/mol. The van der Waals surface area contributed by atoms with Gasteiger partial charge in [-0.3, -0.25) is 0 Å². The fraction of sp³-hybridized carbons (Fsp3) is 0.214. The Balaban J connectivity index is 1.88. The van der Waals surface area contributed by atoms with Crippen molar-refractivity contribution in [2.45, 2.75) is 49.8 Å². The number of unbranched alkanes of at least 4 members (excludes halogenated alkanes) is 1. The van der Waals surface area contributed by atoms with E-state index in [0.29, 0.717) is 0 Å². The van der Waals surface area contributed by atoms with Crippen LogP contribution in [0.1, 0.15) is 42.1 Å². The highest BCUT2D eigenvalue weighted by Crippen LogP contribution is 2.41. The van der Waals surface area contributed by atoms with E-state index in [-0.39, 0.29) is 0 Å². The molecule has 1 nitrogen and oxygen atoms in total. The minimum absolute atomic E-state index is 1.11. The van der Waals surface area contributed by atoms with Crippen molar-refractivity contribution in [1.82, 2.24) is 4.98 Å². The maximum atomic E-state index is 3.82. The van der Waals surface area contributed by atoms with Gasteiger partial charge >= 0.3 is 0 Å². The van der Waals surface area contributed by atoms with Gasteiger partial charge < -0.3 is 4.98 Å². The molecule has 30 heavy (non-hydrogen) atoms. The van der Waals surface area contributed by atoms with Gasteiger partial charge in [-0.25, -0.2) is 0 Å². The summed E-state index contributed by atoms with van der Waals surface area (Å²) in [6.45, 7) is 10.5. The number of allylic oxidation sites excluding steroid dienone is 2. The highest BCUT2D eigenvalue weighted by molar-refractivity contribution is 7.99. The van der Waals surface area contributed by atoms with Gasteiger partial charge in [0.2, 0.25) is 0 Å². The minimum Gasteiger partial charge on any atom is -0.357 e. The zero-order chi connectivity index (χ0) is 21.1. The first kappa shape index (κ1) is 20.6. The normalized spacial score (nSPS) is 11.7. The fourth-order valence-corrected chi connectivity index (χ4v) is 5.23. The zero-order valence-corrected chi connectivity index (χ0v) is 18.9. The molecule has 0 aliphatic heterocycles. The van der Waals surface area contributed by atoms with E-state index in [0.717, 1.165) is 6.42 Å². The second kappa shape index (κ2) is 8.97. The Morgan fingerprint density at radius 1 is 1.03 bits per heavy atom. The van der Waals surface area contributed by atoms with E-state index in [1.807, 2.05) is 23.9 Å². The summed E-state index contributed by atoms with van der Waals surface area (Å²) in [6, 6.07) is 17.9. The van der Waals surface area contributed by atoms with Crippen molar-refractivity contribution in [3.8, 4) is 0 Å². The van der Waals surface area contributed by atoms with Crippen LogP contribution in [0.3, 0.4) is 0 Å². The summed E-state index contributed by atoms with van der Waals surface area (Å²) in [5.41, 5.74) is 6.47. The number of hydrogen-bond donors (Lipinski definition) is 1. The molecule has 1 heterocycles. The lowest BCUT2D eigenvalue weighted by Gasteiger charge is -2.13. The smallest absolute Gasteiger partial charge is 0.0606 e. The molecular formula is C28H29NS. The van der Waals surface area contributed by atoms with Crippen LogP contribution in [0.5, 0.6) is 0 Å². The third-order valence-electron chi connectivity index (χ3n) is 5.70. The summed E-state index contributed by atoms with van der Waals surface area (Å²) in [7, 11) is 0. The van der Waals surface area contributed by atoms with E-state index in [9.17, 15) is 0 Å². The Morgan fingerprint density at radius 3 is 2.53 bits per heavy atom. The SMILES string of the molecule is C=C/C=C\c1c(C)[nH]c2c(Sc3cc4ccccc4cc3C)c(CCCC)ccc12. The molecule has 152 valence electrons. The van der Waals surface area contributed by atoms with Gasteiger partial charge in [0.25, 0.3) is 0 Å². The van der Waals surface area contributed by atoms with Crippen LogP contribution in [0.15, 0.2) is 77.1 Å². The molecule has 2 heteroatoms. The van der Waals surface area contributed by atoms with E-state index in [1.165, 1.54) is 66.7 Å². The fourth-order valence-electron chi connectivity index (χ4n) is 4.04. The van der Waals surface area contributed by atoms with Crippen LogP contribution in [0.2, 0.25) is 0 Å². The molecule has 0 radical (unpaired) electrons. The van der Waals surface area contributed by atoms with Crippen LogP contribution < -0.4 is 0 Å². The van der Waals surface area contributed by atoms with E-state index in [2.05, 4.69) is 86.9 Å². The maximum Gasteiger partial charge on any atom is 0.0606 e. The second-order valence-electron chi connectivity index (χ2n) is 7.91. The molecular weight excluding hydrogens is 382 g/mol. The van der Waals surface area contributed by atoms with Gasteiger partial charge in [-0.05, 0) is 54.7 Å². The largest absolute Gasteiger partial charge is 0.357 e. The molecule has 0 fully saturated rings. The number of H-pyrrole nitrogens is 1. The maximum absolute atomic E-state index is 3.82. The molecule has 0 spiro atoms. The number of aryl methyl sites for hydroxylation is 3. The number of fused-ring (bicyclic) bond motifs is 2. The van der Waals surface area contributed by atoms with Crippen molar-refractivity contribution >= 4 is 39.5 Å². The Morgan fingerprint density at radius 2 is 1.80 bits per heavy atom. The van der Waals surface area contributed by atoms with Crippen molar-refractivity contribution in [2.75, 3.05) is 0 Å². The second-order valence-corrected chi connectivity index (χ2v) is 8.96. The summed E-state index contributed by atoms with van der Waals surface area (Å²) in [4.78, 5) is 6.38. The van der Waals surface area contributed by atoms with Crippen molar-refractivity contribution in [3.63, 3.8) is 0 Å². The summed E-state index contributed by atoms with van der Waals surface area (Å²) in [5.74, 6) is 0. The van der Waals surface area contributed by atoms with Crippen molar-refractivity contribution in [2.24, 2.45) is 0 Å². The van der Waals surface area contributed by atoms with E-state index < -0.39 is 0 Å². The molecule has 4 aromatic rings. The van der Waals surface area contributed by atoms with Gasteiger partial charge in [-0.1, -0.05) is 92.4 Å². The van der Waals surface area contributed by atoms with Crippen LogP contribution in [-0.4, -0.2) is 4.98 Å². The quantitative estimate of drug-likeness (QED) is 0.301. The Labute approximate surface area is 183 Å². The first-order valence-electron chi connectivity index (χ1n) is 10.7. The lowest BCUT2D eigenvalue weighted by molar-refractivity contribution is 0.786. The van der Waals surface area contributed by atoms with Gasteiger partial charge in [-0.15, -0.1) is 0 Å². The molecule has 0 bridgehead atoms. The summed E-state index contributed by atoms with van der Waals surface area (Å²) >= 11 is 1.91. The average molecular weight is 412 g/mol. The van der Waals surface area contributed by atoms with Gasteiger partial charge in [-0.2, -0.15) is 0 Å². The lowest BCUT2D eigenvalue weighted by Crippen LogP contribution is -1.92. The van der Waals surface area contributed by atoms with Gasteiger partial charge in [0.15, 0.2) is 0 Å². The molecule has 0 saturated heterocycles. The average Bonchev–Trinajstić information content (AvgIpc) is 3.07. The van der Waals surface area contributed by atoms with Crippen LogP contribution in [0.25, 0.3) is 27.8 Å². The third kappa shape index (κ3) is 3.97. The third-order valence-corrected chi connectivity index (χ3v) is 7.03. The Kier molecular flexibility index (Phi) is 6.15. The Bertz CT molecular complexity index is 1240. The summed E-state index contributed by atoms with van der Waals surface area (Å²) in [6.07, 6.45) is 9.52. The lowest BCUT2D eigenvalue weighted by atomic mass is 10.0. The Hall–Kier alpha value is -2.71. The number of rotatable bonds is 7. The molecule has 0 amide bonds. The summed E-state index contributed by atoms with van der Waals surface area (Å²) in [5, 5.41) is 3.88. The van der Waals surface area contributed by atoms with Crippen LogP contribution in [0.4, 0.5) is 0 Å².